The van der Waals surface area contributed by atoms with Crippen LogP contribution >= 0.6 is 0 Å². The maximum Gasteiger partial charge on any atom is 0.123 e. The maximum atomic E-state index is 4.65. The molecule has 3 fully saturated rings. The molecule has 0 radical (unpaired) electrons. The first-order chi connectivity index (χ1) is 12.2. The van der Waals surface area contributed by atoms with Gasteiger partial charge in [0.15, 0.2) is 0 Å². The summed E-state index contributed by atoms with van der Waals surface area (Å²) in [6.07, 6.45) is 6.81. The van der Waals surface area contributed by atoms with Crippen LogP contribution < -0.4 is 0 Å². The number of benzene rings is 1. The minimum absolute atomic E-state index is 0.569. The lowest BCUT2D eigenvalue weighted by atomic mass is 9.88. The summed E-state index contributed by atoms with van der Waals surface area (Å²) >= 11 is 0. The van der Waals surface area contributed by atoms with Gasteiger partial charge in [-0.1, -0.05) is 24.3 Å². The first kappa shape index (κ1) is 15.6. The number of likely N-dealkylation sites (tertiary alicyclic amines) is 2. The Kier molecular flexibility index (Phi) is 3.72. The molecule has 3 heterocycles. The Labute approximate surface area is 150 Å². The summed E-state index contributed by atoms with van der Waals surface area (Å²) in [7, 11) is 2.31. The molecule has 0 amide bonds. The lowest BCUT2D eigenvalue weighted by Gasteiger charge is -2.28. The molecule has 2 aliphatic heterocycles. The van der Waals surface area contributed by atoms with E-state index in [0.29, 0.717) is 6.04 Å². The van der Waals surface area contributed by atoms with Crippen molar-refractivity contribution in [2.45, 2.75) is 38.4 Å². The van der Waals surface area contributed by atoms with E-state index in [1.54, 1.807) is 0 Å². The van der Waals surface area contributed by atoms with Gasteiger partial charge in [0.25, 0.3) is 0 Å². The van der Waals surface area contributed by atoms with Crippen LogP contribution in [-0.4, -0.2) is 46.0 Å². The van der Waals surface area contributed by atoms with E-state index in [1.165, 1.54) is 49.4 Å². The van der Waals surface area contributed by atoms with Gasteiger partial charge >= 0.3 is 0 Å². The highest BCUT2D eigenvalue weighted by Gasteiger charge is 2.46. The average Bonchev–Trinajstić information content (AvgIpc) is 3.10. The van der Waals surface area contributed by atoms with Gasteiger partial charge in [0, 0.05) is 44.1 Å². The number of hydrogen-bond donors (Lipinski definition) is 0. The molecule has 1 aromatic heterocycles. The summed E-state index contributed by atoms with van der Waals surface area (Å²) in [4.78, 5) is 9.88. The lowest BCUT2D eigenvalue weighted by Crippen LogP contribution is -2.30. The summed E-state index contributed by atoms with van der Waals surface area (Å²) in [5, 5.41) is 0. The third kappa shape index (κ3) is 2.72. The normalized spacial score (nSPS) is 30.1. The largest absolute Gasteiger partial charge is 0.331 e. The Morgan fingerprint density at radius 2 is 1.96 bits per heavy atom. The van der Waals surface area contributed by atoms with Gasteiger partial charge in [0.1, 0.15) is 5.82 Å². The predicted molar refractivity (Wildman–Crippen MR) is 99.3 cm³/mol. The van der Waals surface area contributed by atoms with Crippen molar-refractivity contribution >= 4 is 0 Å². The molecular weight excluding hydrogens is 308 g/mol. The topological polar surface area (TPSA) is 24.3 Å². The molecule has 2 saturated heterocycles. The van der Waals surface area contributed by atoms with Gasteiger partial charge in [-0.3, -0.25) is 9.80 Å². The van der Waals surface area contributed by atoms with E-state index in [1.807, 2.05) is 6.20 Å². The Morgan fingerprint density at radius 1 is 1.12 bits per heavy atom. The van der Waals surface area contributed by atoms with E-state index in [4.69, 9.17) is 0 Å². The fourth-order valence-electron chi connectivity index (χ4n) is 5.22. The Bertz CT molecular complexity index is 763. The lowest BCUT2D eigenvalue weighted by molar-refractivity contribution is 0.220. The van der Waals surface area contributed by atoms with Crippen LogP contribution in [0.2, 0.25) is 0 Å². The fourth-order valence-corrected chi connectivity index (χ4v) is 5.22. The Morgan fingerprint density at radius 3 is 2.76 bits per heavy atom. The molecule has 0 unspecified atom stereocenters. The monoisotopic (exact) mass is 336 g/mol. The predicted octanol–water partition coefficient (Wildman–Crippen LogP) is 3.26. The zero-order valence-electron chi connectivity index (χ0n) is 15.3. The van der Waals surface area contributed by atoms with Crippen LogP contribution in [0.5, 0.6) is 0 Å². The molecule has 2 aromatic rings. The van der Waals surface area contributed by atoms with Crippen LogP contribution in [0, 0.1) is 18.8 Å². The van der Waals surface area contributed by atoms with E-state index in [2.05, 4.69) is 63.8 Å². The van der Waals surface area contributed by atoms with Crippen molar-refractivity contribution in [2.24, 2.45) is 11.8 Å². The molecule has 0 N–H and O–H groups in total. The maximum absolute atomic E-state index is 4.65. The quantitative estimate of drug-likeness (QED) is 0.856. The second kappa shape index (κ2) is 5.96. The van der Waals surface area contributed by atoms with Crippen LogP contribution in [0.25, 0.3) is 0 Å². The number of aryl methyl sites for hydroxylation is 1. The van der Waals surface area contributed by atoms with Crippen LogP contribution in [0.15, 0.2) is 36.7 Å². The second-order valence-electron chi connectivity index (χ2n) is 8.34. The molecular formula is C21H28N4. The van der Waals surface area contributed by atoms with E-state index in [-0.39, 0.29) is 0 Å². The number of aromatic nitrogens is 2. The van der Waals surface area contributed by atoms with Gasteiger partial charge in [-0.05, 0) is 49.8 Å². The standard InChI is InChI=1S/C21H28N4/c1-15-5-3-4-6-18(15)21-19-13-24(12-16(19)11-23(21)2)14-20-22-9-10-25(20)17-7-8-17/h3-6,9-10,16-17,19,21H,7-8,11-14H2,1-2H3/t16-,19+,21-/m0/s1. The molecule has 25 heavy (non-hydrogen) atoms. The SMILES string of the molecule is Cc1ccccc1[C@H]1[C@@H]2CN(Cc3nccn3C3CC3)C[C@@H]2CN1C. The number of fused-ring (bicyclic) bond motifs is 1. The van der Waals surface area contributed by atoms with Gasteiger partial charge in [-0.25, -0.2) is 4.98 Å². The molecule has 3 atom stereocenters. The van der Waals surface area contributed by atoms with Crippen molar-refractivity contribution in [2.75, 3.05) is 26.7 Å². The minimum Gasteiger partial charge on any atom is -0.331 e. The van der Waals surface area contributed by atoms with E-state index < -0.39 is 0 Å². The van der Waals surface area contributed by atoms with Crippen molar-refractivity contribution in [3.8, 4) is 0 Å². The molecule has 4 heteroatoms. The third-order valence-corrected chi connectivity index (χ3v) is 6.53. The molecule has 1 aliphatic carbocycles. The Balaban J connectivity index is 1.34. The third-order valence-electron chi connectivity index (χ3n) is 6.53. The van der Waals surface area contributed by atoms with E-state index in [9.17, 15) is 0 Å². The van der Waals surface area contributed by atoms with Crippen LogP contribution in [0.1, 0.15) is 41.9 Å². The van der Waals surface area contributed by atoms with Gasteiger partial charge in [0.2, 0.25) is 0 Å². The number of imidazole rings is 1. The summed E-state index contributed by atoms with van der Waals surface area (Å²) in [5.41, 5.74) is 2.96. The van der Waals surface area contributed by atoms with E-state index in [0.717, 1.165) is 24.4 Å². The zero-order valence-corrected chi connectivity index (χ0v) is 15.3. The molecule has 132 valence electrons. The first-order valence-corrected chi connectivity index (χ1v) is 9.70. The van der Waals surface area contributed by atoms with Gasteiger partial charge in [-0.2, -0.15) is 0 Å². The van der Waals surface area contributed by atoms with Crippen molar-refractivity contribution in [1.82, 2.24) is 19.4 Å². The van der Waals surface area contributed by atoms with Gasteiger partial charge < -0.3 is 4.57 Å². The molecule has 0 bridgehead atoms. The molecule has 4 nitrogen and oxygen atoms in total. The van der Waals surface area contributed by atoms with Crippen LogP contribution in [0.3, 0.4) is 0 Å². The fraction of sp³-hybridized carbons (Fsp3) is 0.571. The van der Waals surface area contributed by atoms with Crippen LogP contribution in [0.4, 0.5) is 0 Å². The number of rotatable bonds is 4. The van der Waals surface area contributed by atoms with Crippen molar-refractivity contribution < 1.29 is 0 Å². The highest BCUT2D eigenvalue weighted by atomic mass is 15.3. The molecule has 1 aromatic carbocycles. The number of nitrogens with zero attached hydrogens (tertiary/aromatic N) is 4. The molecule has 3 aliphatic rings. The second-order valence-corrected chi connectivity index (χ2v) is 8.34. The summed E-state index contributed by atoms with van der Waals surface area (Å²) in [6, 6.07) is 10.2. The Hall–Kier alpha value is -1.65. The summed E-state index contributed by atoms with van der Waals surface area (Å²) < 4.78 is 2.42. The highest BCUT2D eigenvalue weighted by molar-refractivity contribution is 5.31. The molecule has 0 spiro atoms. The zero-order chi connectivity index (χ0) is 17.0. The van der Waals surface area contributed by atoms with Crippen molar-refractivity contribution in [3.05, 3.63) is 53.6 Å². The van der Waals surface area contributed by atoms with Crippen LogP contribution in [-0.2, 0) is 6.54 Å². The van der Waals surface area contributed by atoms with Crippen molar-refractivity contribution in [3.63, 3.8) is 0 Å². The summed E-state index contributed by atoms with van der Waals surface area (Å²) in [5.74, 6) is 2.80. The highest BCUT2D eigenvalue weighted by Crippen LogP contribution is 2.45. The van der Waals surface area contributed by atoms with Gasteiger partial charge in [0.05, 0.1) is 6.54 Å². The number of hydrogen-bond acceptors (Lipinski definition) is 3. The average molecular weight is 336 g/mol. The first-order valence-electron chi connectivity index (χ1n) is 9.70. The molecule has 1 saturated carbocycles. The van der Waals surface area contributed by atoms with E-state index >= 15 is 0 Å². The summed E-state index contributed by atoms with van der Waals surface area (Å²) in [6.45, 7) is 6.91. The molecule has 5 rings (SSSR count). The smallest absolute Gasteiger partial charge is 0.123 e. The minimum atomic E-state index is 0.569. The van der Waals surface area contributed by atoms with Gasteiger partial charge in [-0.15, -0.1) is 0 Å². The van der Waals surface area contributed by atoms with Crippen molar-refractivity contribution in [1.29, 1.82) is 0 Å².